The number of nitrogens with zero attached hydrogens (tertiary/aromatic N) is 1. The second-order valence-corrected chi connectivity index (χ2v) is 8.24. The van der Waals surface area contributed by atoms with E-state index in [-0.39, 0.29) is 5.91 Å². The lowest BCUT2D eigenvalue weighted by Gasteiger charge is -2.14. The van der Waals surface area contributed by atoms with Crippen molar-refractivity contribution >= 4 is 51.9 Å². The van der Waals surface area contributed by atoms with E-state index in [0.29, 0.717) is 38.9 Å². The van der Waals surface area contributed by atoms with Crippen LogP contribution in [0.1, 0.15) is 24.5 Å². The Morgan fingerprint density at radius 1 is 1.21 bits per heavy atom. The summed E-state index contributed by atoms with van der Waals surface area (Å²) in [5.41, 5.74) is 1.75. The Morgan fingerprint density at radius 3 is 2.64 bits per heavy atom. The number of ether oxygens (including phenoxy) is 2. The molecule has 7 heteroatoms. The molecule has 0 aliphatic carbocycles. The number of rotatable bonds is 7. The molecule has 0 radical (unpaired) electrons. The van der Waals surface area contributed by atoms with Gasteiger partial charge in [0, 0.05) is 17.1 Å². The molecule has 146 valence electrons. The van der Waals surface area contributed by atoms with Gasteiger partial charge in [0.05, 0.1) is 12.0 Å². The monoisotopic (exact) mass is 433 g/mol. The van der Waals surface area contributed by atoms with Gasteiger partial charge in [-0.3, -0.25) is 9.69 Å². The molecular formula is C21H20ClNO3S2. The first-order valence-corrected chi connectivity index (χ1v) is 10.4. The van der Waals surface area contributed by atoms with Crippen molar-refractivity contribution < 1.29 is 14.3 Å². The van der Waals surface area contributed by atoms with Crippen molar-refractivity contribution in [2.45, 2.75) is 20.0 Å². The quantitative estimate of drug-likeness (QED) is 0.423. The lowest BCUT2D eigenvalue weighted by atomic mass is 10.1. The van der Waals surface area contributed by atoms with Crippen LogP contribution in [0.25, 0.3) is 6.08 Å². The Kier molecular flexibility index (Phi) is 6.99. The summed E-state index contributed by atoms with van der Waals surface area (Å²) in [6, 6.07) is 13.1. The van der Waals surface area contributed by atoms with Crippen LogP contribution in [0, 0.1) is 0 Å². The molecule has 4 nitrogen and oxygen atoms in total. The van der Waals surface area contributed by atoms with Crippen molar-refractivity contribution in [1.29, 1.82) is 0 Å². The van der Waals surface area contributed by atoms with E-state index in [1.807, 2.05) is 55.5 Å². The van der Waals surface area contributed by atoms with Gasteiger partial charge >= 0.3 is 0 Å². The third-order valence-electron chi connectivity index (χ3n) is 4.13. The molecule has 0 atom stereocenters. The van der Waals surface area contributed by atoms with Crippen molar-refractivity contribution in [3.63, 3.8) is 0 Å². The third-order valence-corrected chi connectivity index (χ3v) is 5.76. The number of methoxy groups -OCH3 is 1. The summed E-state index contributed by atoms with van der Waals surface area (Å²) < 4.78 is 12.1. The van der Waals surface area contributed by atoms with Gasteiger partial charge in [0.25, 0.3) is 5.91 Å². The Labute approximate surface area is 179 Å². The van der Waals surface area contributed by atoms with Crippen LogP contribution in [-0.2, 0) is 11.4 Å². The minimum absolute atomic E-state index is 0.0664. The fraction of sp³-hybridized carbons (Fsp3) is 0.238. The summed E-state index contributed by atoms with van der Waals surface area (Å²) in [4.78, 5) is 14.9. The van der Waals surface area contributed by atoms with Gasteiger partial charge in [0.15, 0.2) is 11.5 Å². The number of hydrogen-bond donors (Lipinski definition) is 0. The zero-order chi connectivity index (χ0) is 20.1. The molecule has 0 bridgehead atoms. The number of thiocarbonyl (C=S) groups is 1. The summed E-state index contributed by atoms with van der Waals surface area (Å²) in [6.45, 7) is 3.00. The molecule has 0 aromatic heterocycles. The molecule has 3 rings (SSSR count). The average Bonchev–Trinajstić information content (AvgIpc) is 2.96. The van der Waals surface area contributed by atoms with Gasteiger partial charge in [-0.15, -0.1) is 0 Å². The molecular weight excluding hydrogens is 414 g/mol. The number of hydrogen-bond acceptors (Lipinski definition) is 5. The summed E-state index contributed by atoms with van der Waals surface area (Å²) in [6.07, 6.45) is 2.67. The lowest BCUT2D eigenvalue weighted by molar-refractivity contribution is -0.122. The minimum atomic E-state index is -0.0664. The molecule has 28 heavy (non-hydrogen) atoms. The van der Waals surface area contributed by atoms with Crippen LogP contribution in [0.2, 0.25) is 5.02 Å². The van der Waals surface area contributed by atoms with Crippen molar-refractivity contribution in [1.82, 2.24) is 4.90 Å². The van der Waals surface area contributed by atoms with Crippen LogP contribution in [0.4, 0.5) is 0 Å². The van der Waals surface area contributed by atoms with Crippen molar-refractivity contribution in [3.8, 4) is 11.5 Å². The molecule has 1 saturated heterocycles. The highest BCUT2D eigenvalue weighted by Crippen LogP contribution is 2.38. The first-order valence-electron chi connectivity index (χ1n) is 8.83. The summed E-state index contributed by atoms with van der Waals surface area (Å²) in [5, 5.41) is 0.677. The number of carbonyl (C=O) groups is 1. The molecule has 0 saturated carbocycles. The van der Waals surface area contributed by atoms with Gasteiger partial charge in [-0.2, -0.15) is 0 Å². The van der Waals surface area contributed by atoms with E-state index in [9.17, 15) is 4.79 Å². The van der Waals surface area contributed by atoms with Gasteiger partial charge < -0.3 is 9.47 Å². The highest BCUT2D eigenvalue weighted by Gasteiger charge is 2.31. The SMILES string of the molecule is CCCN1C(=O)/C(=C/c2cccc(OC)c2OCc2ccc(Cl)cc2)SC1=S. The van der Waals surface area contributed by atoms with Crippen molar-refractivity contribution in [2.24, 2.45) is 0 Å². The average molecular weight is 434 g/mol. The molecule has 1 aliphatic heterocycles. The zero-order valence-electron chi connectivity index (χ0n) is 15.6. The molecule has 0 unspecified atom stereocenters. The van der Waals surface area contributed by atoms with Gasteiger partial charge in [-0.1, -0.05) is 66.8 Å². The Hall–Kier alpha value is -2.02. The van der Waals surface area contributed by atoms with E-state index >= 15 is 0 Å². The Morgan fingerprint density at radius 2 is 1.96 bits per heavy atom. The van der Waals surface area contributed by atoms with Gasteiger partial charge in [0.1, 0.15) is 10.9 Å². The lowest BCUT2D eigenvalue weighted by Crippen LogP contribution is -2.28. The topological polar surface area (TPSA) is 38.8 Å². The first kappa shape index (κ1) is 20.7. The predicted octanol–water partition coefficient (Wildman–Crippen LogP) is 5.54. The van der Waals surface area contributed by atoms with Gasteiger partial charge in [-0.05, 0) is 36.3 Å². The van der Waals surface area contributed by atoms with Crippen LogP contribution < -0.4 is 9.47 Å². The van der Waals surface area contributed by atoms with Crippen LogP contribution in [0.3, 0.4) is 0 Å². The maximum atomic E-state index is 12.7. The molecule has 1 heterocycles. The minimum Gasteiger partial charge on any atom is -0.493 e. The van der Waals surface area contributed by atoms with E-state index in [0.717, 1.165) is 17.5 Å². The summed E-state index contributed by atoms with van der Waals surface area (Å²) >= 11 is 12.6. The second kappa shape index (κ2) is 9.45. The highest BCUT2D eigenvalue weighted by atomic mass is 35.5. The number of para-hydroxylation sites is 1. The maximum Gasteiger partial charge on any atom is 0.266 e. The predicted molar refractivity (Wildman–Crippen MR) is 119 cm³/mol. The van der Waals surface area contributed by atoms with E-state index in [4.69, 9.17) is 33.3 Å². The number of amides is 1. The zero-order valence-corrected chi connectivity index (χ0v) is 18.0. The van der Waals surface area contributed by atoms with Crippen LogP contribution in [0.5, 0.6) is 11.5 Å². The summed E-state index contributed by atoms with van der Waals surface area (Å²) in [7, 11) is 1.59. The standard InChI is InChI=1S/C21H20ClNO3S2/c1-3-11-23-20(24)18(28-21(23)27)12-15-5-4-6-17(25-2)19(15)26-13-14-7-9-16(22)10-8-14/h4-10,12H,3,11,13H2,1-2H3/b18-12-. The van der Waals surface area contributed by atoms with Crippen LogP contribution in [-0.4, -0.2) is 28.8 Å². The number of halogens is 1. The molecule has 2 aromatic rings. The van der Waals surface area contributed by atoms with Gasteiger partial charge in [0.2, 0.25) is 0 Å². The molecule has 0 N–H and O–H groups in total. The third kappa shape index (κ3) is 4.69. The molecule has 2 aromatic carbocycles. The number of carbonyl (C=O) groups excluding carboxylic acids is 1. The van der Waals surface area contributed by atoms with E-state index < -0.39 is 0 Å². The summed E-state index contributed by atoms with van der Waals surface area (Å²) in [5.74, 6) is 1.12. The normalized spacial score (nSPS) is 15.4. The Bertz CT molecular complexity index is 912. The van der Waals surface area contributed by atoms with Crippen LogP contribution in [0.15, 0.2) is 47.4 Å². The number of thioether (sulfide) groups is 1. The van der Waals surface area contributed by atoms with Crippen molar-refractivity contribution in [2.75, 3.05) is 13.7 Å². The first-order chi connectivity index (χ1) is 13.5. The van der Waals surface area contributed by atoms with Gasteiger partial charge in [-0.25, -0.2) is 0 Å². The van der Waals surface area contributed by atoms with E-state index in [2.05, 4.69) is 0 Å². The van der Waals surface area contributed by atoms with E-state index in [1.54, 1.807) is 12.0 Å². The maximum absolute atomic E-state index is 12.7. The largest absolute Gasteiger partial charge is 0.493 e. The molecule has 1 amide bonds. The highest BCUT2D eigenvalue weighted by molar-refractivity contribution is 8.26. The molecule has 0 spiro atoms. The number of benzene rings is 2. The molecule has 1 aliphatic rings. The second-order valence-electron chi connectivity index (χ2n) is 6.13. The van der Waals surface area contributed by atoms with Crippen molar-refractivity contribution in [3.05, 3.63) is 63.5 Å². The van der Waals surface area contributed by atoms with E-state index in [1.165, 1.54) is 11.8 Å². The Balaban J connectivity index is 1.88. The molecule has 1 fully saturated rings. The fourth-order valence-corrected chi connectivity index (χ4v) is 4.18. The fourth-order valence-electron chi connectivity index (χ4n) is 2.76. The smallest absolute Gasteiger partial charge is 0.266 e. The van der Waals surface area contributed by atoms with Crippen LogP contribution >= 0.6 is 35.6 Å².